The van der Waals surface area contributed by atoms with Gasteiger partial charge in [0.1, 0.15) is 10.8 Å². The number of aryl methyl sites for hydroxylation is 1. The van der Waals surface area contributed by atoms with Crippen LogP contribution in [-0.2, 0) is 16.0 Å². The molecule has 0 spiro atoms. The largest absolute Gasteiger partial charge is 0.506 e. The molecule has 0 aliphatic rings. The monoisotopic (exact) mass is 311 g/mol. The Hall–Kier alpha value is -1.59. The van der Waals surface area contributed by atoms with Crippen LogP contribution in [-0.4, -0.2) is 22.7 Å². The first kappa shape index (κ1) is 14.8. The first-order chi connectivity index (χ1) is 9.60. The molecule has 0 aliphatic heterocycles. The van der Waals surface area contributed by atoms with E-state index in [2.05, 4.69) is 4.98 Å². The van der Waals surface area contributed by atoms with Crippen LogP contribution in [0.2, 0.25) is 5.02 Å². The number of aromatic nitrogens is 1. The van der Waals surface area contributed by atoms with Gasteiger partial charge >= 0.3 is 5.97 Å². The Bertz CT molecular complexity index is 612. The van der Waals surface area contributed by atoms with E-state index < -0.39 is 0 Å². The Morgan fingerprint density at radius 3 is 3.00 bits per heavy atom. The lowest BCUT2D eigenvalue weighted by molar-refractivity contribution is -0.143. The van der Waals surface area contributed by atoms with Crippen LogP contribution in [0.25, 0.3) is 10.6 Å². The van der Waals surface area contributed by atoms with E-state index >= 15 is 0 Å². The second-order valence-electron chi connectivity index (χ2n) is 4.12. The van der Waals surface area contributed by atoms with Crippen LogP contribution in [0.5, 0.6) is 5.75 Å². The van der Waals surface area contributed by atoms with Gasteiger partial charge in [0.2, 0.25) is 0 Å². The SMILES string of the molecule is CCOC(=O)CCc1csc(-c2ccc(O)c(Cl)c2)n1. The fraction of sp³-hybridized carbons (Fsp3) is 0.286. The highest BCUT2D eigenvalue weighted by molar-refractivity contribution is 7.13. The standard InChI is InChI=1S/C14H14ClNO3S/c1-2-19-13(18)6-4-10-8-20-14(16-10)9-3-5-12(17)11(15)7-9/h3,5,7-8,17H,2,4,6H2,1H3. The summed E-state index contributed by atoms with van der Waals surface area (Å²) < 4.78 is 4.88. The molecule has 106 valence electrons. The van der Waals surface area contributed by atoms with Crippen LogP contribution in [0.1, 0.15) is 19.0 Å². The van der Waals surface area contributed by atoms with Crippen LogP contribution < -0.4 is 0 Å². The van der Waals surface area contributed by atoms with Gasteiger partial charge in [-0.3, -0.25) is 4.79 Å². The fourth-order valence-electron chi connectivity index (χ4n) is 1.66. The molecule has 0 saturated heterocycles. The highest BCUT2D eigenvalue weighted by Gasteiger charge is 2.09. The highest BCUT2D eigenvalue weighted by Crippen LogP contribution is 2.31. The second-order valence-corrected chi connectivity index (χ2v) is 5.38. The summed E-state index contributed by atoms with van der Waals surface area (Å²) in [5.74, 6) is -0.163. The van der Waals surface area contributed by atoms with E-state index in [0.29, 0.717) is 24.5 Å². The lowest BCUT2D eigenvalue weighted by Gasteiger charge is -2.00. The quantitative estimate of drug-likeness (QED) is 0.856. The number of aromatic hydroxyl groups is 1. The minimum Gasteiger partial charge on any atom is -0.506 e. The Morgan fingerprint density at radius 1 is 1.50 bits per heavy atom. The second kappa shape index (κ2) is 6.72. The predicted octanol–water partition coefficient (Wildman–Crippen LogP) is 3.66. The van der Waals surface area contributed by atoms with Crippen LogP contribution >= 0.6 is 22.9 Å². The average Bonchev–Trinajstić information content (AvgIpc) is 2.89. The van der Waals surface area contributed by atoms with Crippen LogP contribution in [0.15, 0.2) is 23.6 Å². The number of nitrogens with zero attached hydrogens (tertiary/aromatic N) is 1. The van der Waals surface area contributed by atoms with Crippen molar-refractivity contribution in [1.29, 1.82) is 0 Å². The maximum Gasteiger partial charge on any atom is 0.306 e. The van der Waals surface area contributed by atoms with Crippen molar-refractivity contribution in [1.82, 2.24) is 4.98 Å². The van der Waals surface area contributed by atoms with Gasteiger partial charge in [-0.1, -0.05) is 11.6 Å². The van der Waals surface area contributed by atoms with E-state index in [1.54, 1.807) is 19.1 Å². The van der Waals surface area contributed by atoms with Crippen molar-refractivity contribution in [2.45, 2.75) is 19.8 Å². The number of thiazole rings is 1. The molecule has 1 heterocycles. The number of carbonyl (C=O) groups excluding carboxylic acids is 1. The van der Waals surface area contributed by atoms with E-state index in [9.17, 15) is 9.90 Å². The molecule has 2 aromatic rings. The molecule has 20 heavy (non-hydrogen) atoms. The van der Waals surface area contributed by atoms with Crippen molar-refractivity contribution in [2.75, 3.05) is 6.61 Å². The van der Waals surface area contributed by atoms with Gasteiger partial charge in [-0.05, 0) is 25.1 Å². The third-order valence-corrected chi connectivity index (χ3v) is 3.88. The molecule has 6 heteroatoms. The maximum atomic E-state index is 11.3. The zero-order valence-electron chi connectivity index (χ0n) is 10.9. The van der Waals surface area contributed by atoms with Gasteiger partial charge in [-0.15, -0.1) is 11.3 Å². The number of benzene rings is 1. The Kier molecular flexibility index (Phi) is 4.98. The van der Waals surface area contributed by atoms with Gasteiger partial charge in [-0.25, -0.2) is 4.98 Å². The first-order valence-electron chi connectivity index (χ1n) is 6.19. The minimum absolute atomic E-state index is 0.0505. The molecule has 2 rings (SSSR count). The summed E-state index contributed by atoms with van der Waals surface area (Å²) >= 11 is 7.35. The molecule has 0 amide bonds. The van der Waals surface area contributed by atoms with Gasteiger partial charge < -0.3 is 9.84 Å². The molecule has 0 bridgehead atoms. The zero-order chi connectivity index (χ0) is 14.5. The summed E-state index contributed by atoms with van der Waals surface area (Å²) in [5, 5.41) is 12.4. The van der Waals surface area contributed by atoms with E-state index in [4.69, 9.17) is 16.3 Å². The average molecular weight is 312 g/mol. The lowest BCUT2D eigenvalue weighted by Crippen LogP contribution is -2.05. The number of phenolic OH excluding ortho intramolecular Hbond substituents is 1. The molecule has 0 radical (unpaired) electrons. The summed E-state index contributed by atoms with van der Waals surface area (Å²) in [4.78, 5) is 15.7. The Morgan fingerprint density at radius 2 is 2.30 bits per heavy atom. The number of phenols is 1. The van der Waals surface area contributed by atoms with Gasteiger partial charge in [0.15, 0.2) is 0 Å². The van der Waals surface area contributed by atoms with Crippen LogP contribution in [0.3, 0.4) is 0 Å². The zero-order valence-corrected chi connectivity index (χ0v) is 12.5. The number of halogens is 1. The summed E-state index contributed by atoms with van der Waals surface area (Å²) in [7, 11) is 0. The van der Waals surface area contributed by atoms with Crippen molar-refractivity contribution >= 4 is 28.9 Å². The van der Waals surface area contributed by atoms with Crippen LogP contribution in [0.4, 0.5) is 0 Å². The van der Waals surface area contributed by atoms with E-state index in [1.807, 2.05) is 5.38 Å². The summed E-state index contributed by atoms with van der Waals surface area (Å²) in [6, 6.07) is 4.97. The summed E-state index contributed by atoms with van der Waals surface area (Å²) in [5.41, 5.74) is 1.70. The molecule has 1 aromatic heterocycles. The van der Waals surface area contributed by atoms with Crippen molar-refractivity contribution in [3.05, 3.63) is 34.3 Å². The molecule has 0 unspecified atom stereocenters. The first-order valence-corrected chi connectivity index (χ1v) is 7.45. The van der Waals surface area contributed by atoms with Gasteiger partial charge in [0.05, 0.1) is 23.7 Å². The molecule has 0 saturated carbocycles. The molecular formula is C14H14ClNO3S. The molecule has 0 atom stereocenters. The van der Waals surface area contributed by atoms with Gasteiger partial charge in [-0.2, -0.15) is 0 Å². The van der Waals surface area contributed by atoms with Gasteiger partial charge in [0, 0.05) is 17.4 Å². The molecule has 1 aromatic carbocycles. The number of ether oxygens (including phenoxy) is 1. The minimum atomic E-state index is -0.213. The van der Waals surface area contributed by atoms with E-state index in [-0.39, 0.29) is 11.7 Å². The molecule has 0 aliphatic carbocycles. The van der Waals surface area contributed by atoms with Gasteiger partial charge in [0.25, 0.3) is 0 Å². The number of hydrogen-bond acceptors (Lipinski definition) is 5. The van der Waals surface area contributed by atoms with Crippen molar-refractivity contribution in [2.24, 2.45) is 0 Å². The molecular weight excluding hydrogens is 298 g/mol. The highest BCUT2D eigenvalue weighted by atomic mass is 35.5. The summed E-state index contributed by atoms with van der Waals surface area (Å²) in [6.45, 7) is 2.18. The molecule has 4 nitrogen and oxygen atoms in total. The Labute approximate surface area is 126 Å². The third kappa shape index (κ3) is 3.71. The lowest BCUT2D eigenvalue weighted by atomic mass is 10.2. The number of hydrogen-bond donors (Lipinski definition) is 1. The third-order valence-electron chi connectivity index (χ3n) is 2.64. The number of carbonyl (C=O) groups is 1. The molecule has 0 fully saturated rings. The van der Waals surface area contributed by atoms with Crippen molar-refractivity contribution in [3.63, 3.8) is 0 Å². The topological polar surface area (TPSA) is 59.4 Å². The fourth-order valence-corrected chi connectivity index (χ4v) is 2.69. The maximum absolute atomic E-state index is 11.3. The van der Waals surface area contributed by atoms with Crippen molar-refractivity contribution < 1.29 is 14.6 Å². The number of esters is 1. The van der Waals surface area contributed by atoms with Crippen LogP contribution in [0, 0.1) is 0 Å². The molecule has 1 N–H and O–H groups in total. The van der Waals surface area contributed by atoms with E-state index in [1.165, 1.54) is 17.4 Å². The smallest absolute Gasteiger partial charge is 0.306 e. The number of rotatable bonds is 5. The predicted molar refractivity (Wildman–Crippen MR) is 79.2 cm³/mol. The van der Waals surface area contributed by atoms with Crippen molar-refractivity contribution in [3.8, 4) is 16.3 Å². The van der Waals surface area contributed by atoms with E-state index in [0.717, 1.165) is 16.3 Å². The Balaban J connectivity index is 2.05. The normalized spacial score (nSPS) is 10.5. The summed E-state index contributed by atoms with van der Waals surface area (Å²) in [6.07, 6.45) is 0.883.